The first-order chi connectivity index (χ1) is 8.15. The van der Waals surface area contributed by atoms with E-state index < -0.39 is 0 Å². The number of aromatic amines is 1. The smallest absolute Gasteiger partial charge is 0.109 e. The molecule has 3 heteroatoms. The standard InChI is InChI=1S/C14H25N3/c1-10(2)15-8-13-9-16-14(17-13)12-6-4-11(3)5-7-12/h9-12,15H,4-8H2,1-3H3,(H,16,17). The van der Waals surface area contributed by atoms with Gasteiger partial charge in [0.1, 0.15) is 5.82 Å². The maximum atomic E-state index is 4.55. The second-order valence-corrected chi connectivity index (χ2v) is 5.79. The molecule has 0 unspecified atom stereocenters. The predicted octanol–water partition coefficient (Wildman–Crippen LogP) is 3.20. The molecule has 1 aliphatic carbocycles. The van der Waals surface area contributed by atoms with Crippen molar-refractivity contribution in [3.8, 4) is 0 Å². The summed E-state index contributed by atoms with van der Waals surface area (Å²) in [5, 5.41) is 3.41. The summed E-state index contributed by atoms with van der Waals surface area (Å²) >= 11 is 0. The van der Waals surface area contributed by atoms with Gasteiger partial charge in [-0.25, -0.2) is 4.98 Å². The molecule has 1 saturated carbocycles. The molecule has 1 heterocycles. The van der Waals surface area contributed by atoms with Gasteiger partial charge in [-0.1, -0.05) is 33.6 Å². The highest BCUT2D eigenvalue weighted by Gasteiger charge is 2.21. The normalized spacial score (nSPS) is 25.4. The molecule has 0 amide bonds. The molecule has 0 aromatic carbocycles. The van der Waals surface area contributed by atoms with E-state index >= 15 is 0 Å². The van der Waals surface area contributed by atoms with Crippen LogP contribution >= 0.6 is 0 Å². The van der Waals surface area contributed by atoms with Gasteiger partial charge in [-0.3, -0.25) is 0 Å². The van der Waals surface area contributed by atoms with E-state index in [1.165, 1.54) is 37.2 Å². The highest BCUT2D eigenvalue weighted by atomic mass is 15.0. The van der Waals surface area contributed by atoms with Crippen molar-refractivity contribution in [2.24, 2.45) is 5.92 Å². The van der Waals surface area contributed by atoms with Crippen LogP contribution in [-0.2, 0) is 6.54 Å². The van der Waals surface area contributed by atoms with Crippen molar-refractivity contribution < 1.29 is 0 Å². The van der Waals surface area contributed by atoms with Crippen molar-refractivity contribution in [3.05, 3.63) is 17.7 Å². The minimum absolute atomic E-state index is 0.525. The van der Waals surface area contributed by atoms with Gasteiger partial charge in [0.25, 0.3) is 0 Å². The van der Waals surface area contributed by atoms with Gasteiger partial charge in [-0.05, 0) is 18.8 Å². The van der Waals surface area contributed by atoms with E-state index in [0.717, 1.165) is 12.5 Å². The maximum absolute atomic E-state index is 4.55. The Labute approximate surface area is 104 Å². The first-order valence-corrected chi connectivity index (χ1v) is 6.92. The summed E-state index contributed by atoms with van der Waals surface area (Å²) in [4.78, 5) is 8.03. The van der Waals surface area contributed by atoms with Crippen LogP contribution in [0, 0.1) is 5.92 Å². The molecule has 1 aromatic heterocycles. The van der Waals surface area contributed by atoms with Crippen LogP contribution in [0.4, 0.5) is 0 Å². The summed E-state index contributed by atoms with van der Waals surface area (Å²) in [5.74, 6) is 2.78. The third-order valence-corrected chi connectivity index (χ3v) is 3.75. The SMILES string of the molecule is CC1CCC(c2ncc(CNC(C)C)[nH]2)CC1. The quantitative estimate of drug-likeness (QED) is 0.841. The average molecular weight is 235 g/mol. The molecule has 0 atom stereocenters. The third kappa shape index (κ3) is 3.56. The van der Waals surface area contributed by atoms with Gasteiger partial charge >= 0.3 is 0 Å². The number of hydrogen-bond acceptors (Lipinski definition) is 2. The fourth-order valence-corrected chi connectivity index (χ4v) is 2.52. The van der Waals surface area contributed by atoms with Gasteiger partial charge in [-0.15, -0.1) is 0 Å². The van der Waals surface area contributed by atoms with Crippen molar-refractivity contribution in [3.63, 3.8) is 0 Å². The number of nitrogens with zero attached hydrogens (tertiary/aromatic N) is 1. The first-order valence-electron chi connectivity index (χ1n) is 6.92. The van der Waals surface area contributed by atoms with Gasteiger partial charge < -0.3 is 10.3 Å². The van der Waals surface area contributed by atoms with E-state index in [-0.39, 0.29) is 0 Å². The van der Waals surface area contributed by atoms with Crippen molar-refractivity contribution in [1.82, 2.24) is 15.3 Å². The van der Waals surface area contributed by atoms with Crippen molar-refractivity contribution >= 4 is 0 Å². The van der Waals surface area contributed by atoms with E-state index in [0.29, 0.717) is 12.0 Å². The van der Waals surface area contributed by atoms with Gasteiger partial charge in [0.05, 0.1) is 0 Å². The Morgan fingerprint density at radius 2 is 2.06 bits per heavy atom. The number of rotatable bonds is 4. The number of imidazole rings is 1. The Balaban J connectivity index is 1.89. The average Bonchev–Trinajstić information content (AvgIpc) is 2.76. The van der Waals surface area contributed by atoms with Crippen molar-refractivity contribution in [1.29, 1.82) is 0 Å². The minimum Gasteiger partial charge on any atom is -0.345 e. The number of aromatic nitrogens is 2. The minimum atomic E-state index is 0.525. The van der Waals surface area contributed by atoms with E-state index in [9.17, 15) is 0 Å². The Kier molecular flexibility index (Phi) is 4.21. The molecule has 3 nitrogen and oxygen atoms in total. The topological polar surface area (TPSA) is 40.7 Å². The Hall–Kier alpha value is -0.830. The molecular formula is C14H25N3. The van der Waals surface area contributed by atoms with Crippen LogP contribution in [0.1, 0.15) is 63.9 Å². The van der Waals surface area contributed by atoms with Crippen LogP contribution in [0.25, 0.3) is 0 Å². The van der Waals surface area contributed by atoms with E-state index in [4.69, 9.17) is 0 Å². The molecule has 0 bridgehead atoms. The largest absolute Gasteiger partial charge is 0.345 e. The van der Waals surface area contributed by atoms with Gasteiger partial charge in [0, 0.05) is 30.4 Å². The number of hydrogen-bond donors (Lipinski definition) is 2. The lowest BCUT2D eigenvalue weighted by Crippen LogP contribution is -2.22. The molecule has 2 N–H and O–H groups in total. The van der Waals surface area contributed by atoms with Crippen LogP contribution in [0.15, 0.2) is 6.20 Å². The van der Waals surface area contributed by atoms with Crippen LogP contribution in [-0.4, -0.2) is 16.0 Å². The molecule has 0 radical (unpaired) electrons. The molecule has 0 saturated heterocycles. The molecule has 1 aromatic rings. The Morgan fingerprint density at radius 1 is 1.35 bits per heavy atom. The lowest BCUT2D eigenvalue weighted by Gasteiger charge is -2.24. The van der Waals surface area contributed by atoms with E-state index in [1.54, 1.807) is 0 Å². The number of H-pyrrole nitrogens is 1. The molecule has 1 aliphatic rings. The fourth-order valence-electron chi connectivity index (χ4n) is 2.52. The van der Waals surface area contributed by atoms with Gasteiger partial charge in [-0.2, -0.15) is 0 Å². The summed E-state index contributed by atoms with van der Waals surface area (Å²) < 4.78 is 0. The summed E-state index contributed by atoms with van der Waals surface area (Å²) in [7, 11) is 0. The van der Waals surface area contributed by atoms with Crippen LogP contribution in [0.3, 0.4) is 0 Å². The zero-order valence-electron chi connectivity index (χ0n) is 11.3. The summed E-state index contributed by atoms with van der Waals surface area (Å²) in [5.41, 5.74) is 1.22. The molecule has 2 rings (SSSR count). The van der Waals surface area contributed by atoms with Crippen LogP contribution in [0.5, 0.6) is 0 Å². The highest BCUT2D eigenvalue weighted by molar-refractivity contribution is 5.06. The molecular weight excluding hydrogens is 210 g/mol. The first kappa shape index (κ1) is 12.6. The second-order valence-electron chi connectivity index (χ2n) is 5.79. The van der Waals surface area contributed by atoms with Crippen LogP contribution < -0.4 is 5.32 Å². The summed E-state index contributed by atoms with van der Waals surface area (Å²) in [6.45, 7) is 7.59. The monoisotopic (exact) mass is 235 g/mol. The fraction of sp³-hybridized carbons (Fsp3) is 0.786. The Bertz CT molecular complexity index is 335. The van der Waals surface area contributed by atoms with Gasteiger partial charge in [0.15, 0.2) is 0 Å². The summed E-state index contributed by atoms with van der Waals surface area (Å²) in [6, 6.07) is 0.525. The molecule has 1 fully saturated rings. The summed E-state index contributed by atoms with van der Waals surface area (Å²) in [6.07, 6.45) is 7.29. The third-order valence-electron chi connectivity index (χ3n) is 3.75. The Morgan fingerprint density at radius 3 is 2.71 bits per heavy atom. The molecule has 17 heavy (non-hydrogen) atoms. The maximum Gasteiger partial charge on any atom is 0.109 e. The lowest BCUT2D eigenvalue weighted by molar-refractivity contribution is 0.340. The zero-order valence-corrected chi connectivity index (χ0v) is 11.3. The predicted molar refractivity (Wildman–Crippen MR) is 70.9 cm³/mol. The number of nitrogens with one attached hydrogen (secondary N) is 2. The van der Waals surface area contributed by atoms with Crippen molar-refractivity contribution in [2.75, 3.05) is 0 Å². The highest BCUT2D eigenvalue weighted by Crippen LogP contribution is 2.33. The van der Waals surface area contributed by atoms with Crippen molar-refractivity contribution in [2.45, 2.75) is 65.0 Å². The molecule has 0 aliphatic heterocycles. The second kappa shape index (κ2) is 5.67. The molecule has 96 valence electrons. The van der Waals surface area contributed by atoms with E-state index in [1.807, 2.05) is 6.20 Å². The lowest BCUT2D eigenvalue weighted by atomic mass is 9.83. The van der Waals surface area contributed by atoms with Gasteiger partial charge in [0.2, 0.25) is 0 Å². The van der Waals surface area contributed by atoms with Crippen LogP contribution in [0.2, 0.25) is 0 Å². The molecule has 0 spiro atoms. The van der Waals surface area contributed by atoms with E-state index in [2.05, 4.69) is 36.1 Å². The zero-order chi connectivity index (χ0) is 12.3.